The first-order chi connectivity index (χ1) is 13.9. The van der Waals surface area contributed by atoms with Crippen LogP contribution in [0.4, 0.5) is 0 Å². The Morgan fingerprint density at radius 1 is 1.03 bits per heavy atom. The molecule has 3 rings (SSSR count). The average molecular weight is 419 g/mol. The SMILES string of the molecule is Cc1ccc(S(=O)(=O)N(C)Cc2ccc(C(=O)NC3CCCCCCC3)o2)cc1. The molecule has 1 fully saturated rings. The van der Waals surface area contributed by atoms with Gasteiger partial charge in [0.25, 0.3) is 5.91 Å². The molecule has 1 saturated carbocycles. The Morgan fingerprint density at radius 3 is 2.31 bits per heavy atom. The molecule has 29 heavy (non-hydrogen) atoms. The van der Waals surface area contributed by atoms with Crippen molar-refractivity contribution in [2.75, 3.05) is 7.05 Å². The quantitative estimate of drug-likeness (QED) is 0.760. The highest BCUT2D eigenvalue weighted by Crippen LogP contribution is 2.20. The molecule has 0 atom stereocenters. The molecule has 1 amide bonds. The summed E-state index contributed by atoms with van der Waals surface area (Å²) in [5, 5.41) is 3.07. The number of rotatable bonds is 6. The van der Waals surface area contributed by atoms with Gasteiger partial charge in [0.05, 0.1) is 11.4 Å². The van der Waals surface area contributed by atoms with Crippen LogP contribution >= 0.6 is 0 Å². The topological polar surface area (TPSA) is 79.6 Å². The van der Waals surface area contributed by atoms with Crippen molar-refractivity contribution in [1.29, 1.82) is 0 Å². The summed E-state index contributed by atoms with van der Waals surface area (Å²) in [6, 6.07) is 10.2. The van der Waals surface area contributed by atoms with Gasteiger partial charge in [-0.25, -0.2) is 8.42 Å². The van der Waals surface area contributed by atoms with E-state index in [-0.39, 0.29) is 29.1 Å². The van der Waals surface area contributed by atoms with Gasteiger partial charge in [-0.3, -0.25) is 4.79 Å². The van der Waals surface area contributed by atoms with E-state index in [2.05, 4.69) is 5.32 Å². The first kappa shape index (κ1) is 21.6. The number of benzene rings is 1. The number of nitrogens with one attached hydrogen (secondary N) is 1. The third-order valence-electron chi connectivity index (χ3n) is 5.43. The van der Waals surface area contributed by atoms with Crippen LogP contribution < -0.4 is 5.32 Å². The minimum absolute atomic E-state index is 0.0624. The van der Waals surface area contributed by atoms with Crippen molar-refractivity contribution < 1.29 is 17.6 Å². The van der Waals surface area contributed by atoms with Gasteiger partial charge in [0, 0.05) is 13.1 Å². The standard InChI is InChI=1S/C22H30N2O4S/c1-17-10-13-20(14-11-17)29(26,27)24(2)16-19-12-15-21(28-19)22(25)23-18-8-6-4-3-5-7-9-18/h10-15,18H,3-9,16H2,1-2H3,(H,23,25). The van der Waals surface area contributed by atoms with E-state index in [1.54, 1.807) is 36.4 Å². The number of carbonyl (C=O) groups excluding carboxylic acids is 1. The van der Waals surface area contributed by atoms with Crippen LogP contribution in [0.1, 0.15) is 66.8 Å². The van der Waals surface area contributed by atoms with Crippen molar-refractivity contribution in [3.8, 4) is 0 Å². The fourth-order valence-electron chi connectivity index (χ4n) is 3.64. The molecule has 2 aromatic rings. The highest BCUT2D eigenvalue weighted by molar-refractivity contribution is 7.89. The van der Waals surface area contributed by atoms with Gasteiger partial charge < -0.3 is 9.73 Å². The van der Waals surface area contributed by atoms with Gasteiger partial charge in [-0.1, -0.05) is 49.8 Å². The number of aryl methyl sites for hydroxylation is 1. The van der Waals surface area contributed by atoms with Crippen molar-refractivity contribution in [3.63, 3.8) is 0 Å². The first-order valence-corrected chi connectivity index (χ1v) is 11.7. The Balaban J connectivity index is 1.61. The third-order valence-corrected chi connectivity index (χ3v) is 7.25. The number of sulfonamides is 1. The zero-order valence-corrected chi connectivity index (χ0v) is 18.0. The molecule has 1 aromatic carbocycles. The highest BCUT2D eigenvalue weighted by atomic mass is 32.2. The Hall–Kier alpha value is -2.12. The minimum Gasteiger partial charge on any atom is -0.455 e. The Morgan fingerprint density at radius 2 is 1.66 bits per heavy atom. The monoisotopic (exact) mass is 418 g/mol. The van der Waals surface area contributed by atoms with Crippen LogP contribution in [0.15, 0.2) is 45.7 Å². The normalized spacial score (nSPS) is 16.4. The molecule has 1 aliphatic carbocycles. The Bertz CT molecular complexity index is 911. The summed E-state index contributed by atoms with van der Waals surface area (Å²) in [6.45, 7) is 1.97. The average Bonchev–Trinajstić information content (AvgIpc) is 3.12. The van der Waals surface area contributed by atoms with Crippen molar-refractivity contribution in [1.82, 2.24) is 9.62 Å². The summed E-state index contributed by atoms with van der Waals surface area (Å²) in [6.07, 6.45) is 7.99. The molecule has 1 heterocycles. The largest absolute Gasteiger partial charge is 0.455 e. The Kier molecular flexibility index (Phi) is 7.14. The molecule has 1 N–H and O–H groups in total. The molecule has 158 valence electrons. The molecule has 0 unspecified atom stereocenters. The van der Waals surface area contributed by atoms with E-state index in [4.69, 9.17) is 4.42 Å². The summed E-state index contributed by atoms with van der Waals surface area (Å²) in [5.74, 6) is 0.431. The predicted octanol–water partition coefficient (Wildman–Crippen LogP) is 4.25. The van der Waals surface area contributed by atoms with E-state index in [9.17, 15) is 13.2 Å². The van der Waals surface area contributed by atoms with E-state index < -0.39 is 10.0 Å². The van der Waals surface area contributed by atoms with Gasteiger partial charge in [-0.05, 0) is 44.0 Å². The lowest BCUT2D eigenvalue weighted by Crippen LogP contribution is -2.35. The van der Waals surface area contributed by atoms with Crippen molar-refractivity contribution in [3.05, 3.63) is 53.5 Å². The van der Waals surface area contributed by atoms with Crippen molar-refractivity contribution >= 4 is 15.9 Å². The lowest BCUT2D eigenvalue weighted by atomic mass is 9.97. The number of hydrogen-bond acceptors (Lipinski definition) is 4. The summed E-state index contributed by atoms with van der Waals surface area (Å²) >= 11 is 0. The minimum atomic E-state index is -3.62. The predicted molar refractivity (Wildman–Crippen MR) is 112 cm³/mol. The molecule has 0 bridgehead atoms. The maximum atomic E-state index is 12.7. The van der Waals surface area contributed by atoms with Crippen LogP contribution in [0.5, 0.6) is 0 Å². The molecular weight excluding hydrogens is 388 g/mol. The molecule has 0 radical (unpaired) electrons. The highest BCUT2D eigenvalue weighted by Gasteiger charge is 2.23. The summed E-state index contributed by atoms with van der Waals surface area (Å²) in [7, 11) is -2.12. The second kappa shape index (κ2) is 9.59. The van der Waals surface area contributed by atoms with Crippen LogP contribution in [0.2, 0.25) is 0 Å². The fraction of sp³-hybridized carbons (Fsp3) is 0.500. The molecule has 0 aliphatic heterocycles. The summed E-state index contributed by atoms with van der Waals surface area (Å²) < 4.78 is 32.3. The summed E-state index contributed by atoms with van der Waals surface area (Å²) in [5.41, 5.74) is 0.998. The second-order valence-corrected chi connectivity index (χ2v) is 9.90. The lowest BCUT2D eigenvalue weighted by Gasteiger charge is -2.20. The number of hydrogen-bond donors (Lipinski definition) is 1. The van der Waals surface area contributed by atoms with Gasteiger partial charge in [0.15, 0.2) is 5.76 Å². The smallest absolute Gasteiger partial charge is 0.287 e. The van der Waals surface area contributed by atoms with Crippen molar-refractivity contribution in [2.45, 2.75) is 69.4 Å². The van der Waals surface area contributed by atoms with Gasteiger partial charge >= 0.3 is 0 Å². The van der Waals surface area contributed by atoms with E-state index >= 15 is 0 Å². The van der Waals surface area contributed by atoms with E-state index in [0.29, 0.717) is 5.76 Å². The van der Waals surface area contributed by atoms with E-state index in [0.717, 1.165) is 31.2 Å². The molecule has 7 heteroatoms. The first-order valence-electron chi connectivity index (χ1n) is 10.3. The number of nitrogens with zero attached hydrogens (tertiary/aromatic N) is 1. The number of furan rings is 1. The van der Waals surface area contributed by atoms with Crippen LogP contribution in [-0.4, -0.2) is 31.7 Å². The molecule has 1 aromatic heterocycles. The number of carbonyl (C=O) groups is 1. The van der Waals surface area contributed by atoms with Gasteiger partial charge in [0.1, 0.15) is 5.76 Å². The van der Waals surface area contributed by atoms with Crippen LogP contribution in [0, 0.1) is 6.92 Å². The van der Waals surface area contributed by atoms with Crippen LogP contribution in [0.3, 0.4) is 0 Å². The molecule has 1 aliphatic rings. The zero-order chi connectivity index (χ0) is 20.9. The number of amides is 1. The fourth-order valence-corrected chi connectivity index (χ4v) is 4.77. The zero-order valence-electron chi connectivity index (χ0n) is 17.2. The molecule has 0 spiro atoms. The maximum Gasteiger partial charge on any atom is 0.287 e. The lowest BCUT2D eigenvalue weighted by molar-refractivity contribution is 0.0900. The summed E-state index contributed by atoms with van der Waals surface area (Å²) in [4.78, 5) is 12.8. The van der Waals surface area contributed by atoms with E-state index in [1.165, 1.54) is 30.6 Å². The molecule has 0 saturated heterocycles. The maximum absolute atomic E-state index is 12.7. The second-order valence-electron chi connectivity index (χ2n) is 7.86. The Labute approximate surface area is 173 Å². The van der Waals surface area contributed by atoms with Gasteiger partial charge in [-0.2, -0.15) is 4.31 Å². The van der Waals surface area contributed by atoms with Crippen LogP contribution in [-0.2, 0) is 16.6 Å². The van der Waals surface area contributed by atoms with Gasteiger partial charge in [-0.15, -0.1) is 0 Å². The van der Waals surface area contributed by atoms with Gasteiger partial charge in [0.2, 0.25) is 10.0 Å². The van der Waals surface area contributed by atoms with Crippen LogP contribution in [0.25, 0.3) is 0 Å². The van der Waals surface area contributed by atoms with E-state index in [1.807, 2.05) is 6.92 Å². The van der Waals surface area contributed by atoms with Crippen molar-refractivity contribution in [2.24, 2.45) is 0 Å². The molecule has 6 nitrogen and oxygen atoms in total. The third kappa shape index (κ3) is 5.70. The molecular formula is C22H30N2O4S.